The van der Waals surface area contributed by atoms with Crippen molar-refractivity contribution >= 4 is 5.97 Å². The third kappa shape index (κ3) is 1.93. The highest BCUT2D eigenvalue weighted by Gasteiger charge is 2.37. The summed E-state index contributed by atoms with van der Waals surface area (Å²) in [5.41, 5.74) is -0.977. The third-order valence-electron chi connectivity index (χ3n) is 2.35. The quantitative estimate of drug-likeness (QED) is 0.651. The van der Waals surface area contributed by atoms with Crippen LogP contribution in [0.25, 0.3) is 0 Å². The molecule has 0 amide bonds. The van der Waals surface area contributed by atoms with E-state index in [2.05, 4.69) is 0 Å². The lowest BCUT2D eigenvalue weighted by atomic mass is 9.80. The van der Waals surface area contributed by atoms with Gasteiger partial charge >= 0.3 is 5.97 Å². The van der Waals surface area contributed by atoms with Crippen LogP contribution in [0, 0.1) is 5.41 Å². The molecule has 0 radical (unpaired) electrons. The second-order valence-corrected chi connectivity index (χ2v) is 3.00. The van der Waals surface area contributed by atoms with Gasteiger partial charge in [-0.25, -0.2) is 0 Å². The molecule has 0 heterocycles. The molecule has 11 heavy (non-hydrogen) atoms. The van der Waals surface area contributed by atoms with Gasteiger partial charge in [-0.2, -0.15) is 0 Å². The van der Waals surface area contributed by atoms with Gasteiger partial charge in [0.25, 0.3) is 0 Å². The van der Waals surface area contributed by atoms with Gasteiger partial charge in [0.1, 0.15) is 0 Å². The van der Waals surface area contributed by atoms with Crippen LogP contribution in [0.4, 0.5) is 0 Å². The third-order valence-corrected chi connectivity index (χ3v) is 2.35. The van der Waals surface area contributed by atoms with Crippen LogP contribution in [-0.2, 0) is 4.79 Å². The molecule has 0 aliphatic carbocycles. The van der Waals surface area contributed by atoms with Gasteiger partial charge in [0.2, 0.25) is 0 Å². The molecule has 0 saturated carbocycles. The molecule has 0 aromatic heterocycles. The lowest BCUT2D eigenvalue weighted by Gasteiger charge is -2.27. The maximum Gasteiger partial charge on any atom is 0.311 e. The summed E-state index contributed by atoms with van der Waals surface area (Å²) in [7, 11) is 0. The summed E-state index contributed by atoms with van der Waals surface area (Å²) in [6.07, 6.45) is 0.193. The lowest BCUT2D eigenvalue weighted by Crippen LogP contribution is -2.38. The zero-order valence-electron chi connectivity index (χ0n) is 7.29. The molecule has 3 heteroatoms. The monoisotopic (exact) mass is 160 g/mol. The van der Waals surface area contributed by atoms with Crippen molar-refractivity contribution in [2.75, 3.05) is 0 Å². The van der Waals surface area contributed by atoms with Gasteiger partial charge in [0.15, 0.2) is 0 Å². The summed E-state index contributed by atoms with van der Waals surface area (Å²) in [5.74, 6) is -0.922. The first kappa shape index (κ1) is 10.4. The molecular formula is C8H16O3. The maximum atomic E-state index is 10.7. The Morgan fingerprint density at radius 2 is 2.00 bits per heavy atom. The molecular weight excluding hydrogens is 144 g/mol. The Balaban J connectivity index is 4.45. The minimum Gasteiger partial charge on any atom is -0.481 e. The summed E-state index contributed by atoms with van der Waals surface area (Å²) in [5, 5.41) is 18.1. The molecule has 0 saturated heterocycles. The van der Waals surface area contributed by atoms with E-state index in [0.29, 0.717) is 12.8 Å². The Bertz CT molecular complexity index is 144. The lowest BCUT2D eigenvalue weighted by molar-refractivity contribution is -0.155. The number of carbonyl (C=O) groups is 1. The summed E-state index contributed by atoms with van der Waals surface area (Å²) in [6, 6.07) is 0. The SMILES string of the molecule is CCC(O)C(C)(CC)C(=O)O. The Kier molecular flexibility index (Phi) is 3.52. The van der Waals surface area contributed by atoms with Crippen LogP contribution in [0.3, 0.4) is 0 Å². The van der Waals surface area contributed by atoms with Gasteiger partial charge in [-0.1, -0.05) is 13.8 Å². The van der Waals surface area contributed by atoms with Gasteiger partial charge in [0, 0.05) is 0 Å². The summed E-state index contributed by atoms with van der Waals surface area (Å²) in [4.78, 5) is 10.7. The molecule has 66 valence electrons. The van der Waals surface area contributed by atoms with E-state index in [1.807, 2.05) is 0 Å². The number of aliphatic carboxylic acids is 1. The van der Waals surface area contributed by atoms with Crippen molar-refractivity contribution in [1.29, 1.82) is 0 Å². The van der Waals surface area contributed by atoms with E-state index in [1.165, 1.54) is 0 Å². The van der Waals surface area contributed by atoms with Crippen LogP contribution in [-0.4, -0.2) is 22.3 Å². The van der Waals surface area contributed by atoms with Crippen LogP contribution >= 0.6 is 0 Å². The summed E-state index contributed by atoms with van der Waals surface area (Å²) in [6.45, 7) is 5.12. The van der Waals surface area contributed by atoms with E-state index in [9.17, 15) is 9.90 Å². The minimum absolute atomic E-state index is 0.456. The predicted octanol–water partition coefficient (Wildman–Crippen LogP) is 1.26. The van der Waals surface area contributed by atoms with Gasteiger partial charge in [-0.3, -0.25) is 4.79 Å². The van der Waals surface area contributed by atoms with Gasteiger partial charge in [-0.05, 0) is 19.8 Å². The Hall–Kier alpha value is -0.570. The van der Waals surface area contributed by atoms with E-state index in [0.717, 1.165) is 0 Å². The van der Waals surface area contributed by atoms with Crippen molar-refractivity contribution in [3.63, 3.8) is 0 Å². The fraction of sp³-hybridized carbons (Fsp3) is 0.875. The predicted molar refractivity (Wildman–Crippen MR) is 42.3 cm³/mol. The highest BCUT2D eigenvalue weighted by Crippen LogP contribution is 2.27. The van der Waals surface area contributed by atoms with Gasteiger partial charge < -0.3 is 10.2 Å². The topological polar surface area (TPSA) is 57.5 Å². The smallest absolute Gasteiger partial charge is 0.311 e. The number of aliphatic hydroxyl groups excluding tert-OH is 1. The molecule has 0 bridgehead atoms. The molecule has 0 aromatic rings. The highest BCUT2D eigenvalue weighted by atomic mass is 16.4. The minimum atomic E-state index is -0.977. The standard InChI is InChI=1S/C8H16O3/c1-4-6(9)8(3,5-2)7(10)11/h6,9H,4-5H2,1-3H3,(H,10,11). The molecule has 0 fully saturated rings. The van der Waals surface area contributed by atoms with Gasteiger partial charge in [-0.15, -0.1) is 0 Å². The fourth-order valence-electron chi connectivity index (χ4n) is 0.980. The number of carboxylic acids is 1. The first-order valence-corrected chi connectivity index (χ1v) is 3.90. The van der Waals surface area contributed by atoms with Crippen LogP contribution in [0.5, 0.6) is 0 Å². The second kappa shape index (κ2) is 3.72. The number of carboxylic acid groups (broad SMARTS) is 1. The summed E-state index contributed by atoms with van der Waals surface area (Å²) < 4.78 is 0. The largest absolute Gasteiger partial charge is 0.481 e. The molecule has 0 aliphatic rings. The van der Waals surface area contributed by atoms with Crippen molar-refractivity contribution in [1.82, 2.24) is 0 Å². The first-order valence-electron chi connectivity index (χ1n) is 3.90. The zero-order chi connectivity index (χ0) is 9.07. The molecule has 2 atom stereocenters. The molecule has 3 nitrogen and oxygen atoms in total. The first-order chi connectivity index (χ1) is 4.99. The average molecular weight is 160 g/mol. The van der Waals surface area contributed by atoms with E-state index in [-0.39, 0.29) is 0 Å². The highest BCUT2D eigenvalue weighted by molar-refractivity contribution is 5.74. The average Bonchev–Trinajstić information content (AvgIpc) is 2.01. The van der Waals surface area contributed by atoms with Crippen LogP contribution in [0.2, 0.25) is 0 Å². The van der Waals surface area contributed by atoms with E-state index in [4.69, 9.17) is 5.11 Å². The van der Waals surface area contributed by atoms with Crippen LogP contribution in [0.15, 0.2) is 0 Å². The van der Waals surface area contributed by atoms with Crippen LogP contribution < -0.4 is 0 Å². The summed E-state index contributed by atoms with van der Waals surface area (Å²) >= 11 is 0. The van der Waals surface area contributed by atoms with E-state index in [1.54, 1.807) is 20.8 Å². The van der Waals surface area contributed by atoms with Crippen LogP contribution in [0.1, 0.15) is 33.6 Å². The number of hydrogen-bond donors (Lipinski definition) is 2. The number of aliphatic hydroxyl groups is 1. The van der Waals surface area contributed by atoms with Crippen molar-refractivity contribution < 1.29 is 15.0 Å². The zero-order valence-corrected chi connectivity index (χ0v) is 7.29. The normalized spacial score (nSPS) is 18.9. The molecule has 2 N–H and O–H groups in total. The molecule has 0 spiro atoms. The Morgan fingerprint density at radius 3 is 2.09 bits per heavy atom. The number of rotatable bonds is 4. The second-order valence-electron chi connectivity index (χ2n) is 3.00. The van der Waals surface area contributed by atoms with Crippen molar-refractivity contribution in [3.05, 3.63) is 0 Å². The van der Waals surface area contributed by atoms with E-state index < -0.39 is 17.5 Å². The Labute approximate surface area is 67.0 Å². The fourth-order valence-corrected chi connectivity index (χ4v) is 0.980. The Morgan fingerprint density at radius 1 is 1.55 bits per heavy atom. The number of hydrogen-bond acceptors (Lipinski definition) is 2. The maximum absolute atomic E-state index is 10.7. The molecule has 2 unspecified atom stereocenters. The van der Waals surface area contributed by atoms with Crippen molar-refractivity contribution in [2.45, 2.75) is 39.7 Å². The van der Waals surface area contributed by atoms with Gasteiger partial charge in [0.05, 0.1) is 11.5 Å². The van der Waals surface area contributed by atoms with Crippen molar-refractivity contribution in [3.8, 4) is 0 Å². The van der Waals surface area contributed by atoms with Crippen molar-refractivity contribution in [2.24, 2.45) is 5.41 Å². The molecule has 0 rings (SSSR count). The van der Waals surface area contributed by atoms with E-state index >= 15 is 0 Å². The molecule has 0 aliphatic heterocycles. The molecule has 0 aromatic carbocycles.